The Morgan fingerprint density at radius 1 is 1.08 bits per heavy atom. The molecule has 0 saturated carbocycles. The van der Waals surface area contributed by atoms with Crippen LogP contribution in [-0.2, 0) is 6.54 Å². The van der Waals surface area contributed by atoms with Crippen LogP contribution in [0.3, 0.4) is 0 Å². The second kappa shape index (κ2) is 7.90. The molecule has 0 unspecified atom stereocenters. The molecule has 1 aliphatic heterocycles. The smallest absolute Gasteiger partial charge is 0.142 e. The minimum Gasteiger partial charge on any atom is -0.508 e. The zero-order valence-corrected chi connectivity index (χ0v) is 15.5. The summed E-state index contributed by atoms with van der Waals surface area (Å²) < 4.78 is 6.75. The predicted molar refractivity (Wildman–Crippen MR) is 101 cm³/mol. The van der Waals surface area contributed by atoms with E-state index < -0.39 is 0 Å². The van der Waals surface area contributed by atoms with Crippen LogP contribution in [0.25, 0.3) is 0 Å². The van der Waals surface area contributed by atoms with Gasteiger partial charge in [-0.1, -0.05) is 28.1 Å². The van der Waals surface area contributed by atoms with Crippen LogP contribution in [0.5, 0.6) is 11.5 Å². The van der Waals surface area contributed by atoms with E-state index in [0.717, 1.165) is 48.5 Å². The molecular weight excluding hydrogens is 368 g/mol. The van der Waals surface area contributed by atoms with Crippen molar-refractivity contribution in [3.8, 4) is 11.5 Å². The van der Waals surface area contributed by atoms with Crippen molar-refractivity contribution >= 4 is 21.6 Å². The minimum atomic E-state index is 0.363. The number of ether oxygens (including phenoxy) is 1. The molecule has 0 aromatic heterocycles. The van der Waals surface area contributed by atoms with Crippen molar-refractivity contribution in [2.45, 2.75) is 13.5 Å². The zero-order chi connectivity index (χ0) is 16.9. The van der Waals surface area contributed by atoms with Crippen LogP contribution < -0.4 is 9.64 Å². The number of para-hydroxylation sites is 2. The highest BCUT2D eigenvalue weighted by Crippen LogP contribution is 2.29. The molecule has 1 fully saturated rings. The van der Waals surface area contributed by atoms with Crippen LogP contribution in [0.15, 0.2) is 46.9 Å². The largest absolute Gasteiger partial charge is 0.508 e. The first-order chi connectivity index (χ1) is 11.7. The minimum absolute atomic E-state index is 0.363. The molecule has 0 spiro atoms. The number of nitrogens with zero attached hydrogens (tertiary/aromatic N) is 2. The molecule has 1 heterocycles. The Bertz CT molecular complexity index is 685. The van der Waals surface area contributed by atoms with Gasteiger partial charge in [-0.3, -0.25) is 4.90 Å². The highest BCUT2D eigenvalue weighted by molar-refractivity contribution is 9.10. The van der Waals surface area contributed by atoms with E-state index in [-0.39, 0.29) is 0 Å². The van der Waals surface area contributed by atoms with Gasteiger partial charge < -0.3 is 14.7 Å². The molecule has 128 valence electrons. The molecule has 5 heteroatoms. The highest BCUT2D eigenvalue weighted by Gasteiger charge is 2.20. The SMILES string of the molecule is CCOc1ccccc1N1CCN(Cc2cc(Br)ccc2O)CC1. The van der Waals surface area contributed by atoms with Crippen LogP contribution in [-0.4, -0.2) is 42.8 Å². The van der Waals surface area contributed by atoms with Gasteiger partial charge in [-0.05, 0) is 37.3 Å². The molecule has 0 radical (unpaired) electrons. The number of hydrogen-bond donors (Lipinski definition) is 1. The van der Waals surface area contributed by atoms with Crippen molar-refractivity contribution < 1.29 is 9.84 Å². The number of rotatable bonds is 5. The molecule has 24 heavy (non-hydrogen) atoms. The van der Waals surface area contributed by atoms with Crippen LogP contribution >= 0.6 is 15.9 Å². The number of anilines is 1. The fourth-order valence-corrected chi connectivity index (χ4v) is 3.47. The number of phenolic OH excluding ortho intramolecular Hbond substituents is 1. The maximum absolute atomic E-state index is 10.0. The van der Waals surface area contributed by atoms with Crippen LogP contribution in [0.1, 0.15) is 12.5 Å². The van der Waals surface area contributed by atoms with Gasteiger partial charge >= 0.3 is 0 Å². The third kappa shape index (κ3) is 4.02. The van der Waals surface area contributed by atoms with E-state index in [1.54, 1.807) is 6.07 Å². The first-order valence-corrected chi connectivity index (χ1v) is 9.13. The van der Waals surface area contributed by atoms with Crippen molar-refractivity contribution in [1.82, 2.24) is 4.90 Å². The lowest BCUT2D eigenvalue weighted by molar-refractivity contribution is 0.245. The normalized spacial score (nSPS) is 15.5. The monoisotopic (exact) mass is 390 g/mol. The second-order valence-corrected chi connectivity index (χ2v) is 6.85. The molecule has 0 bridgehead atoms. The Morgan fingerprint density at radius 3 is 2.58 bits per heavy atom. The van der Waals surface area contributed by atoms with E-state index in [9.17, 15) is 5.11 Å². The lowest BCUT2D eigenvalue weighted by atomic mass is 10.1. The Morgan fingerprint density at radius 2 is 1.83 bits per heavy atom. The molecule has 1 saturated heterocycles. The lowest BCUT2D eigenvalue weighted by Gasteiger charge is -2.36. The first kappa shape index (κ1) is 17.1. The molecule has 1 N–H and O–H groups in total. The summed E-state index contributed by atoms with van der Waals surface area (Å²) >= 11 is 3.47. The van der Waals surface area contributed by atoms with Gasteiger partial charge in [0.15, 0.2) is 0 Å². The van der Waals surface area contributed by atoms with E-state index in [1.807, 2.05) is 31.2 Å². The van der Waals surface area contributed by atoms with Gasteiger partial charge in [-0.25, -0.2) is 0 Å². The Hall–Kier alpha value is -1.72. The molecule has 2 aromatic carbocycles. The fraction of sp³-hybridized carbons (Fsp3) is 0.368. The van der Waals surface area contributed by atoms with Crippen molar-refractivity contribution in [1.29, 1.82) is 0 Å². The first-order valence-electron chi connectivity index (χ1n) is 8.34. The summed E-state index contributed by atoms with van der Waals surface area (Å²) in [5, 5.41) is 10.0. The fourth-order valence-electron chi connectivity index (χ4n) is 3.06. The summed E-state index contributed by atoms with van der Waals surface area (Å²) in [6, 6.07) is 13.8. The van der Waals surface area contributed by atoms with Crippen LogP contribution in [0.2, 0.25) is 0 Å². The van der Waals surface area contributed by atoms with Crippen LogP contribution in [0, 0.1) is 0 Å². The lowest BCUT2D eigenvalue weighted by Crippen LogP contribution is -2.46. The summed E-state index contributed by atoms with van der Waals surface area (Å²) in [5.41, 5.74) is 2.14. The van der Waals surface area contributed by atoms with Crippen molar-refractivity contribution in [3.05, 3.63) is 52.5 Å². The van der Waals surface area contributed by atoms with Crippen molar-refractivity contribution in [2.75, 3.05) is 37.7 Å². The van der Waals surface area contributed by atoms with Gasteiger partial charge in [0.25, 0.3) is 0 Å². The average Bonchev–Trinajstić information content (AvgIpc) is 2.60. The van der Waals surface area contributed by atoms with Gasteiger partial charge in [0.1, 0.15) is 11.5 Å². The Balaban J connectivity index is 1.63. The standard InChI is InChI=1S/C19H23BrN2O2/c1-2-24-19-6-4-3-5-17(19)22-11-9-21(10-12-22)14-15-13-16(20)7-8-18(15)23/h3-8,13,23H,2,9-12,14H2,1H3. The van der Waals surface area contributed by atoms with E-state index in [0.29, 0.717) is 12.4 Å². The number of hydrogen-bond acceptors (Lipinski definition) is 4. The van der Waals surface area contributed by atoms with Crippen molar-refractivity contribution in [2.24, 2.45) is 0 Å². The maximum atomic E-state index is 10.0. The summed E-state index contributed by atoms with van der Waals surface area (Å²) in [7, 11) is 0. The summed E-state index contributed by atoms with van der Waals surface area (Å²) in [5.74, 6) is 1.32. The van der Waals surface area contributed by atoms with E-state index in [4.69, 9.17) is 4.74 Å². The van der Waals surface area contributed by atoms with Gasteiger partial charge in [-0.15, -0.1) is 0 Å². The predicted octanol–water partition coefficient (Wildman–Crippen LogP) is 3.88. The molecule has 0 aliphatic carbocycles. The van der Waals surface area contributed by atoms with Gasteiger partial charge in [-0.2, -0.15) is 0 Å². The topological polar surface area (TPSA) is 35.9 Å². The Labute approximate surface area is 151 Å². The zero-order valence-electron chi connectivity index (χ0n) is 13.9. The van der Waals surface area contributed by atoms with Gasteiger partial charge in [0, 0.05) is 42.8 Å². The van der Waals surface area contributed by atoms with E-state index in [2.05, 4.69) is 37.9 Å². The molecule has 2 aromatic rings. The molecule has 0 amide bonds. The van der Waals surface area contributed by atoms with Gasteiger partial charge in [0.2, 0.25) is 0 Å². The van der Waals surface area contributed by atoms with E-state index >= 15 is 0 Å². The molecule has 4 nitrogen and oxygen atoms in total. The summed E-state index contributed by atoms with van der Waals surface area (Å²) in [6.07, 6.45) is 0. The number of halogens is 1. The average molecular weight is 391 g/mol. The summed E-state index contributed by atoms with van der Waals surface area (Å²) in [6.45, 7) is 7.31. The number of piperazine rings is 1. The second-order valence-electron chi connectivity index (χ2n) is 5.94. The van der Waals surface area contributed by atoms with Crippen LogP contribution in [0.4, 0.5) is 5.69 Å². The van der Waals surface area contributed by atoms with Crippen molar-refractivity contribution in [3.63, 3.8) is 0 Å². The number of benzene rings is 2. The third-order valence-corrected chi connectivity index (χ3v) is 4.81. The number of aromatic hydroxyl groups is 1. The summed E-state index contributed by atoms with van der Waals surface area (Å²) in [4.78, 5) is 4.75. The Kier molecular flexibility index (Phi) is 5.63. The number of phenols is 1. The highest BCUT2D eigenvalue weighted by atomic mass is 79.9. The molecule has 1 aliphatic rings. The maximum Gasteiger partial charge on any atom is 0.142 e. The molecule has 0 atom stereocenters. The van der Waals surface area contributed by atoms with E-state index in [1.165, 1.54) is 5.69 Å². The molecule has 3 rings (SSSR count). The van der Waals surface area contributed by atoms with Gasteiger partial charge in [0.05, 0.1) is 12.3 Å². The quantitative estimate of drug-likeness (QED) is 0.840. The third-order valence-electron chi connectivity index (χ3n) is 4.31. The molecular formula is C19H23BrN2O2.